The van der Waals surface area contributed by atoms with Crippen LogP contribution in [0.5, 0.6) is 6.01 Å². The third-order valence-electron chi connectivity index (χ3n) is 0.468. The minimum atomic E-state index is -2.63. The number of nitrogens with one attached hydrogen (secondary N) is 1. The normalized spacial score (nSPS) is 13.0. The number of aromatic nitrogens is 4. The Morgan fingerprint density at radius 1 is 1.78 bits per heavy atom. The van der Waals surface area contributed by atoms with Crippen LogP contribution in [-0.2, 0) is 11.4 Å². The van der Waals surface area contributed by atoms with Gasteiger partial charge in [0.25, 0.3) is 0 Å². The lowest BCUT2D eigenvalue weighted by atomic mass is 11.3. The van der Waals surface area contributed by atoms with E-state index in [-0.39, 0.29) is 6.01 Å². The Labute approximate surface area is 51.9 Å². The summed E-state index contributed by atoms with van der Waals surface area (Å²) in [6.07, 6.45) is 0. The number of hydrogen-bond donors (Lipinski definition) is 1. The molecule has 0 amide bonds. The number of aromatic amines is 1. The van der Waals surface area contributed by atoms with Crippen molar-refractivity contribution in [1.29, 1.82) is 0 Å². The zero-order chi connectivity index (χ0) is 6.69. The van der Waals surface area contributed by atoms with Crippen LogP contribution in [0.15, 0.2) is 0 Å². The number of H-pyrrole nitrogens is 1. The predicted molar refractivity (Wildman–Crippen MR) is 23.7 cm³/mol. The van der Waals surface area contributed by atoms with Gasteiger partial charge in [0.2, 0.25) is 0 Å². The highest BCUT2D eigenvalue weighted by Crippen LogP contribution is 1.93. The van der Waals surface area contributed by atoms with Crippen molar-refractivity contribution >= 4 is 11.4 Å². The van der Waals surface area contributed by atoms with Crippen LogP contribution < -0.4 is 4.18 Å². The molecule has 0 aliphatic heterocycles. The molecule has 1 heterocycles. The van der Waals surface area contributed by atoms with E-state index in [2.05, 4.69) is 19.6 Å². The van der Waals surface area contributed by atoms with Crippen LogP contribution in [0.4, 0.5) is 0 Å². The molecule has 0 spiro atoms. The van der Waals surface area contributed by atoms with Crippen LogP contribution in [0.25, 0.3) is 0 Å². The van der Waals surface area contributed by atoms with Gasteiger partial charge in [-0.1, -0.05) is 10.2 Å². The van der Waals surface area contributed by atoms with Crippen LogP contribution >= 0.6 is 0 Å². The SMILES string of the molecule is O=S([O-])Oc1nn[nH]n1. The Balaban J connectivity index is 2.58. The number of rotatable bonds is 2. The fourth-order valence-corrected chi connectivity index (χ4v) is 0.441. The second-order valence-electron chi connectivity index (χ2n) is 0.982. The van der Waals surface area contributed by atoms with E-state index >= 15 is 0 Å². The summed E-state index contributed by atoms with van der Waals surface area (Å²) in [6, 6.07) is -0.316. The summed E-state index contributed by atoms with van der Waals surface area (Å²) in [5.74, 6) is 0. The highest BCUT2D eigenvalue weighted by atomic mass is 32.2. The van der Waals surface area contributed by atoms with Crippen LogP contribution in [0.2, 0.25) is 0 Å². The standard InChI is InChI=1S/CH2N4O3S/c6-9(7)8-1-2-4-5-3-1/h(H,6,7)(H,2,3,4,5)/p-1. The van der Waals surface area contributed by atoms with E-state index in [1.807, 2.05) is 5.21 Å². The summed E-state index contributed by atoms with van der Waals surface area (Å²) in [7, 11) is 0. The maximum absolute atomic E-state index is 9.72. The third kappa shape index (κ3) is 1.74. The van der Waals surface area contributed by atoms with Gasteiger partial charge in [-0.25, -0.2) is 4.21 Å². The van der Waals surface area contributed by atoms with Gasteiger partial charge >= 0.3 is 6.01 Å². The summed E-state index contributed by atoms with van der Waals surface area (Å²) >= 11 is -2.63. The highest BCUT2D eigenvalue weighted by molar-refractivity contribution is 7.74. The molecule has 0 saturated heterocycles. The molecule has 0 radical (unpaired) electrons. The van der Waals surface area contributed by atoms with Gasteiger partial charge in [-0.15, -0.1) is 0 Å². The summed E-state index contributed by atoms with van der Waals surface area (Å²) in [5.41, 5.74) is 0. The van der Waals surface area contributed by atoms with E-state index in [9.17, 15) is 8.76 Å². The molecule has 0 saturated carbocycles. The molecule has 8 heteroatoms. The fourth-order valence-electron chi connectivity index (χ4n) is 0.249. The van der Waals surface area contributed by atoms with Gasteiger partial charge in [0.15, 0.2) is 0 Å². The molecule has 0 bridgehead atoms. The lowest BCUT2D eigenvalue weighted by Crippen LogP contribution is -1.98. The quantitative estimate of drug-likeness (QED) is 0.506. The molecule has 7 nitrogen and oxygen atoms in total. The van der Waals surface area contributed by atoms with Crippen molar-refractivity contribution < 1.29 is 12.9 Å². The van der Waals surface area contributed by atoms with Crippen LogP contribution in [0.3, 0.4) is 0 Å². The van der Waals surface area contributed by atoms with Gasteiger partial charge in [-0.05, 0) is 5.21 Å². The molecule has 1 aromatic heterocycles. The lowest BCUT2D eigenvalue weighted by molar-refractivity contribution is 0.424. The number of nitrogens with zero attached hydrogens (tertiary/aromatic N) is 3. The Kier molecular flexibility index (Phi) is 1.70. The van der Waals surface area contributed by atoms with Gasteiger partial charge in [0.05, 0.1) is 0 Å². The second kappa shape index (κ2) is 2.51. The van der Waals surface area contributed by atoms with Crippen LogP contribution in [-0.4, -0.2) is 29.4 Å². The Bertz CT molecular complexity index is 196. The maximum atomic E-state index is 9.72. The zero-order valence-electron chi connectivity index (χ0n) is 3.97. The lowest BCUT2D eigenvalue weighted by Gasteiger charge is -1.98. The first-order chi connectivity index (χ1) is 4.29. The molecular formula is CHN4O3S-. The van der Waals surface area contributed by atoms with Gasteiger partial charge in [-0.2, -0.15) is 5.21 Å². The number of tetrazole rings is 1. The van der Waals surface area contributed by atoms with E-state index in [0.717, 1.165) is 0 Å². The molecule has 9 heavy (non-hydrogen) atoms. The average molecular weight is 149 g/mol. The summed E-state index contributed by atoms with van der Waals surface area (Å²) in [5, 5.41) is 11.4. The monoisotopic (exact) mass is 149 g/mol. The predicted octanol–water partition coefficient (Wildman–Crippen LogP) is -1.63. The highest BCUT2D eigenvalue weighted by Gasteiger charge is 1.95. The first-order valence-electron chi connectivity index (χ1n) is 1.80. The Hall–Kier alpha value is -1.02. The number of hydrogen-bond acceptors (Lipinski definition) is 6. The Morgan fingerprint density at radius 3 is 3.00 bits per heavy atom. The molecule has 1 aromatic rings. The minimum Gasteiger partial charge on any atom is -0.740 e. The van der Waals surface area contributed by atoms with Crippen molar-refractivity contribution in [2.45, 2.75) is 0 Å². The molecule has 1 rings (SSSR count). The third-order valence-corrected chi connectivity index (χ3v) is 0.754. The summed E-state index contributed by atoms with van der Waals surface area (Å²) < 4.78 is 23.4. The van der Waals surface area contributed by atoms with E-state index < -0.39 is 11.4 Å². The van der Waals surface area contributed by atoms with Crippen molar-refractivity contribution in [2.24, 2.45) is 0 Å². The van der Waals surface area contributed by atoms with E-state index in [1.54, 1.807) is 0 Å². The molecule has 0 aromatic carbocycles. The van der Waals surface area contributed by atoms with Gasteiger partial charge < -0.3 is 8.74 Å². The average Bonchev–Trinajstić information content (AvgIpc) is 2.15. The molecule has 1 N–H and O–H groups in total. The van der Waals surface area contributed by atoms with Gasteiger partial charge in [-0.3, -0.25) is 0 Å². The molecule has 1 unspecified atom stereocenters. The molecule has 1 atom stereocenters. The summed E-state index contributed by atoms with van der Waals surface area (Å²) in [4.78, 5) is 0. The van der Waals surface area contributed by atoms with Crippen molar-refractivity contribution in [3.8, 4) is 6.01 Å². The van der Waals surface area contributed by atoms with E-state index in [4.69, 9.17) is 0 Å². The largest absolute Gasteiger partial charge is 0.740 e. The second-order valence-corrected chi connectivity index (χ2v) is 1.56. The topological polar surface area (TPSA) is 104 Å². The van der Waals surface area contributed by atoms with E-state index in [0.29, 0.717) is 0 Å². The maximum Gasteiger partial charge on any atom is 0.369 e. The van der Waals surface area contributed by atoms with Crippen molar-refractivity contribution in [3.05, 3.63) is 0 Å². The minimum absolute atomic E-state index is 0.316. The van der Waals surface area contributed by atoms with Gasteiger partial charge in [0.1, 0.15) is 11.4 Å². The fraction of sp³-hybridized carbons (Fsp3) is 0. The zero-order valence-corrected chi connectivity index (χ0v) is 4.79. The smallest absolute Gasteiger partial charge is 0.369 e. The van der Waals surface area contributed by atoms with Crippen molar-refractivity contribution in [3.63, 3.8) is 0 Å². The first-order valence-corrected chi connectivity index (χ1v) is 2.80. The van der Waals surface area contributed by atoms with Crippen molar-refractivity contribution in [1.82, 2.24) is 20.6 Å². The molecule has 50 valence electrons. The molecular weight excluding hydrogens is 148 g/mol. The first kappa shape index (κ1) is 6.11. The van der Waals surface area contributed by atoms with Gasteiger partial charge in [0, 0.05) is 0 Å². The van der Waals surface area contributed by atoms with E-state index in [1.165, 1.54) is 0 Å². The Morgan fingerprint density at radius 2 is 2.56 bits per heavy atom. The summed E-state index contributed by atoms with van der Waals surface area (Å²) in [6.45, 7) is 0. The molecule has 0 fully saturated rings. The molecule has 0 aliphatic rings. The van der Waals surface area contributed by atoms with Crippen molar-refractivity contribution in [2.75, 3.05) is 0 Å². The van der Waals surface area contributed by atoms with Crippen LogP contribution in [0, 0.1) is 0 Å². The molecule has 0 aliphatic carbocycles. The van der Waals surface area contributed by atoms with Crippen LogP contribution in [0.1, 0.15) is 0 Å².